The van der Waals surface area contributed by atoms with Gasteiger partial charge in [-0.05, 0) is 17.7 Å². The highest BCUT2D eigenvalue weighted by Gasteiger charge is 2.54. The zero-order chi connectivity index (χ0) is 28.3. The molecule has 2 saturated heterocycles. The van der Waals surface area contributed by atoms with E-state index in [-0.39, 0.29) is 5.56 Å². The number of hydrogen-bond donors (Lipinski definition) is 9. The van der Waals surface area contributed by atoms with Crippen LogP contribution in [0.25, 0.3) is 0 Å². The van der Waals surface area contributed by atoms with Gasteiger partial charge in [-0.1, -0.05) is 6.07 Å². The van der Waals surface area contributed by atoms with Crippen LogP contribution in [0.3, 0.4) is 0 Å². The van der Waals surface area contributed by atoms with Crippen molar-refractivity contribution in [3.8, 4) is 11.5 Å². The fraction of sp³-hybridized carbons (Fsp3) is 0.636. The van der Waals surface area contributed by atoms with Crippen LogP contribution in [0.15, 0.2) is 18.2 Å². The molecule has 0 spiro atoms. The third-order valence-corrected chi connectivity index (χ3v) is 6.24. The summed E-state index contributed by atoms with van der Waals surface area (Å²) in [5.74, 6) is -3.46. The monoisotopic (exact) mass is 549 g/mol. The number of carbonyl (C=O) groups excluding carboxylic acids is 1. The first-order chi connectivity index (χ1) is 17.9. The van der Waals surface area contributed by atoms with Crippen molar-refractivity contribution in [2.45, 2.75) is 67.5 Å². The van der Waals surface area contributed by atoms with Crippen molar-refractivity contribution in [1.82, 2.24) is 5.32 Å². The molecule has 9 N–H and O–H groups in total. The number of methoxy groups -OCH3 is 2. The summed E-state index contributed by atoms with van der Waals surface area (Å²) in [7, 11) is 2.22. The van der Waals surface area contributed by atoms with Gasteiger partial charge in [-0.15, -0.1) is 0 Å². The van der Waals surface area contributed by atoms with Crippen molar-refractivity contribution in [2.24, 2.45) is 0 Å². The number of benzene rings is 1. The van der Waals surface area contributed by atoms with Crippen LogP contribution in [0.5, 0.6) is 11.5 Å². The minimum Gasteiger partial charge on any atom is -0.504 e. The molecule has 1 amide bonds. The van der Waals surface area contributed by atoms with Gasteiger partial charge in [0.2, 0.25) is 0 Å². The molecule has 2 aliphatic rings. The molecule has 3 rings (SSSR count). The van der Waals surface area contributed by atoms with Crippen LogP contribution in [0.4, 0.5) is 0 Å². The molecule has 2 heterocycles. The molecule has 9 unspecified atom stereocenters. The molecule has 2 fully saturated rings. The summed E-state index contributed by atoms with van der Waals surface area (Å²) in [6.45, 7) is -0.441. The van der Waals surface area contributed by atoms with Crippen LogP contribution in [0.2, 0.25) is 0 Å². The topological polar surface area (TPSA) is 254 Å². The Balaban J connectivity index is 1.78. The molecular formula is C22H31NO15. The number of ether oxygens (including phenoxy) is 5. The third-order valence-electron chi connectivity index (χ3n) is 6.24. The molecule has 16 heteroatoms. The quantitative estimate of drug-likeness (QED) is 0.134. The zero-order valence-electron chi connectivity index (χ0n) is 20.2. The summed E-state index contributed by atoms with van der Waals surface area (Å²) in [5, 5.41) is 82.9. The molecule has 16 nitrogen and oxygen atoms in total. The van der Waals surface area contributed by atoms with Crippen molar-refractivity contribution in [3.63, 3.8) is 0 Å². The second-order valence-electron chi connectivity index (χ2n) is 8.70. The normalized spacial score (nSPS) is 36.4. The molecule has 11 atom stereocenters. The van der Waals surface area contributed by atoms with E-state index in [0.29, 0.717) is 0 Å². The number of hydrogen-bond acceptors (Lipinski definition) is 14. The Bertz CT molecular complexity index is 978. The standard InChI is InChI=1S/C22H31NO15/c1-34-15-11(27)14(30)22(38-18(15)20(32)33)36-16-12(28)13(29)21(35-2)37-17(16)19(31)23-6-10(26)7-3-4-8(24)9(25)5-7/h3-5,10-18,21-22,24-30H,6H2,1-2H3,(H,23,31)(H,32,33)/t10?,11?,12?,13?,14?,15?,16?,17-,18?,21-,22?/m1/s1. The summed E-state index contributed by atoms with van der Waals surface area (Å²) in [6, 6.07) is 3.51. The molecule has 0 bridgehead atoms. The second kappa shape index (κ2) is 12.5. The highest BCUT2D eigenvalue weighted by atomic mass is 16.7. The van der Waals surface area contributed by atoms with Gasteiger partial charge in [0.25, 0.3) is 5.91 Å². The van der Waals surface area contributed by atoms with Crippen LogP contribution in [-0.4, -0.2) is 135 Å². The first-order valence-corrected chi connectivity index (χ1v) is 11.4. The van der Waals surface area contributed by atoms with Gasteiger partial charge in [-0.3, -0.25) is 4.79 Å². The Labute approximate surface area is 215 Å². The first kappa shape index (κ1) is 29.9. The lowest BCUT2D eigenvalue weighted by Gasteiger charge is -2.45. The van der Waals surface area contributed by atoms with Gasteiger partial charge < -0.3 is 69.9 Å². The minimum atomic E-state index is -1.91. The Hall–Kier alpha value is -2.64. The lowest BCUT2D eigenvalue weighted by molar-refractivity contribution is -0.348. The molecule has 214 valence electrons. The lowest BCUT2D eigenvalue weighted by Crippen LogP contribution is -2.66. The number of rotatable bonds is 9. The largest absolute Gasteiger partial charge is 0.504 e. The molecule has 2 aliphatic heterocycles. The molecular weight excluding hydrogens is 518 g/mol. The number of carboxylic acid groups (broad SMARTS) is 1. The SMILES string of the molecule is COC1C(C(=O)O)OC(OC2C(O)C(O)[C@H](OC)O[C@H]2C(=O)NCC(O)c2ccc(O)c(O)c2)C(O)C1O. The van der Waals surface area contributed by atoms with Crippen LogP contribution in [0.1, 0.15) is 11.7 Å². The molecule has 0 radical (unpaired) electrons. The Kier molecular flexibility index (Phi) is 9.82. The summed E-state index contributed by atoms with van der Waals surface area (Å²) in [5.41, 5.74) is 0.142. The van der Waals surface area contributed by atoms with Gasteiger partial charge in [0, 0.05) is 20.8 Å². The van der Waals surface area contributed by atoms with Crippen molar-refractivity contribution in [1.29, 1.82) is 0 Å². The van der Waals surface area contributed by atoms with E-state index in [9.17, 15) is 50.4 Å². The van der Waals surface area contributed by atoms with Crippen molar-refractivity contribution >= 4 is 11.9 Å². The number of aliphatic carboxylic acids is 1. The lowest BCUT2D eigenvalue weighted by atomic mass is 9.96. The summed E-state index contributed by atoms with van der Waals surface area (Å²) in [4.78, 5) is 24.6. The van der Waals surface area contributed by atoms with Crippen molar-refractivity contribution in [2.75, 3.05) is 20.8 Å². The van der Waals surface area contributed by atoms with Gasteiger partial charge in [-0.2, -0.15) is 0 Å². The van der Waals surface area contributed by atoms with Crippen molar-refractivity contribution < 1.29 is 74.1 Å². The van der Waals surface area contributed by atoms with Gasteiger partial charge in [0.05, 0.1) is 6.10 Å². The van der Waals surface area contributed by atoms with E-state index in [2.05, 4.69) is 5.32 Å². The van der Waals surface area contributed by atoms with E-state index in [4.69, 9.17) is 23.7 Å². The number of carboxylic acids is 1. The predicted molar refractivity (Wildman–Crippen MR) is 119 cm³/mol. The van der Waals surface area contributed by atoms with E-state index in [1.165, 1.54) is 6.07 Å². The van der Waals surface area contributed by atoms with Gasteiger partial charge >= 0.3 is 5.97 Å². The van der Waals surface area contributed by atoms with Crippen molar-refractivity contribution in [3.05, 3.63) is 23.8 Å². The van der Waals surface area contributed by atoms with E-state index >= 15 is 0 Å². The molecule has 1 aromatic rings. The number of nitrogens with one attached hydrogen (secondary N) is 1. The zero-order valence-corrected chi connectivity index (χ0v) is 20.2. The summed E-state index contributed by atoms with van der Waals surface area (Å²) >= 11 is 0. The number of aliphatic hydroxyl groups is 5. The van der Waals surface area contributed by atoms with E-state index < -0.39 is 97.4 Å². The van der Waals surface area contributed by atoms with Crippen LogP contribution >= 0.6 is 0 Å². The van der Waals surface area contributed by atoms with Crippen LogP contribution in [0, 0.1) is 0 Å². The smallest absolute Gasteiger partial charge is 0.335 e. The maximum absolute atomic E-state index is 13.0. The highest BCUT2D eigenvalue weighted by Crippen LogP contribution is 2.31. The number of aliphatic hydroxyl groups excluding tert-OH is 5. The van der Waals surface area contributed by atoms with E-state index in [1.54, 1.807) is 0 Å². The Morgan fingerprint density at radius 1 is 0.895 bits per heavy atom. The Morgan fingerprint density at radius 3 is 2.08 bits per heavy atom. The Morgan fingerprint density at radius 2 is 1.50 bits per heavy atom. The molecule has 0 saturated carbocycles. The number of carbonyl (C=O) groups is 2. The van der Waals surface area contributed by atoms with Crippen LogP contribution in [-0.2, 0) is 33.3 Å². The van der Waals surface area contributed by atoms with Gasteiger partial charge in [0.1, 0.15) is 36.6 Å². The maximum Gasteiger partial charge on any atom is 0.335 e. The number of phenolic OH excluding ortho intramolecular Hbond substituents is 2. The minimum absolute atomic E-state index is 0.142. The molecule has 1 aromatic carbocycles. The van der Waals surface area contributed by atoms with E-state index in [1.807, 2.05) is 0 Å². The molecule has 38 heavy (non-hydrogen) atoms. The maximum atomic E-state index is 13.0. The first-order valence-electron chi connectivity index (χ1n) is 11.4. The number of aromatic hydroxyl groups is 2. The second-order valence-corrected chi connectivity index (χ2v) is 8.70. The van der Waals surface area contributed by atoms with E-state index in [0.717, 1.165) is 26.4 Å². The highest BCUT2D eigenvalue weighted by molar-refractivity contribution is 5.81. The number of phenols is 2. The molecule has 0 aliphatic carbocycles. The molecule has 0 aromatic heterocycles. The predicted octanol–water partition coefficient (Wildman–Crippen LogP) is -3.73. The van der Waals surface area contributed by atoms with Crippen LogP contribution < -0.4 is 5.32 Å². The van der Waals surface area contributed by atoms with Gasteiger partial charge in [0.15, 0.2) is 36.3 Å². The third kappa shape index (κ3) is 6.15. The average molecular weight is 549 g/mol. The van der Waals surface area contributed by atoms with Gasteiger partial charge in [-0.25, -0.2) is 4.79 Å². The summed E-state index contributed by atoms with van der Waals surface area (Å²) < 4.78 is 26.0. The average Bonchev–Trinajstić information content (AvgIpc) is 2.89. The fourth-order valence-corrected chi connectivity index (χ4v) is 4.12. The fourth-order valence-electron chi connectivity index (χ4n) is 4.12. The summed E-state index contributed by atoms with van der Waals surface area (Å²) in [6.07, 6.45) is -18.9. The number of amides is 1.